The third kappa shape index (κ3) is 2.84. The van der Waals surface area contributed by atoms with Crippen molar-refractivity contribution in [3.63, 3.8) is 0 Å². The standard InChI is InChI=1S/C14H21NOS/c1-2-17-13-6-4-12(5-7-13)14(8-3-9-15)10-16-11-14/h4-7H,2-3,8-11,15H2,1H3. The maximum absolute atomic E-state index is 5.61. The Bertz CT molecular complexity index is 346. The van der Waals surface area contributed by atoms with Gasteiger partial charge in [0.25, 0.3) is 0 Å². The molecule has 2 rings (SSSR count). The molecule has 17 heavy (non-hydrogen) atoms. The molecular weight excluding hydrogens is 230 g/mol. The van der Waals surface area contributed by atoms with E-state index in [1.54, 1.807) is 0 Å². The van der Waals surface area contributed by atoms with Crippen molar-refractivity contribution in [1.29, 1.82) is 0 Å². The molecule has 1 aliphatic rings. The topological polar surface area (TPSA) is 35.2 Å². The van der Waals surface area contributed by atoms with Crippen molar-refractivity contribution in [2.24, 2.45) is 5.73 Å². The van der Waals surface area contributed by atoms with E-state index in [2.05, 4.69) is 31.2 Å². The van der Waals surface area contributed by atoms with Gasteiger partial charge >= 0.3 is 0 Å². The second-order valence-electron chi connectivity index (χ2n) is 4.62. The monoisotopic (exact) mass is 251 g/mol. The van der Waals surface area contributed by atoms with Gasteiger partial charge in [0.1, 0.15) is 0 Å². The smallest absolute Gasteiger partial charge is 0.0585 e. The SMILES string of the molecule is CCSc1ccc(C2(CCCN)COC2)cc1. The zero-order valence-electron chi connectivity index (χ0n) is 10.4. The number of nitrogens with two attached hydrogens (primary N) is 1. The maximum Gasteiger partial charge on any atom is 0.0585 e. The van der Waals surface area contributed by atoms with Gasteiger partial charge in [-0.05, 0) is 42.8 Å². The van der Waals surface area contributed by atoms with Crippen molar-refractivity contribution in [1.82, 2.24) is 0 Å². The summed E-state index contributed by atoms with van der Waals surface area (Å²) in [5.74, 6) is 1.13. The first kappa shape index (κ1) is 12.9. The molecule has 0 bridgehead atoms. The Morgan fingerprint density at radius 2 is 2.00 bits per heavy atom. The molecule has 0 aliphatic carbocycles. The minimum atomic E-state index is 0.245. The van der Waals surface area contributed by atoms with E-state index in [4.69, 9.17) is 10.5 Å². The third-order valence-electron chi connectivity index (χ3n) is 3.39. The molecule has 2 nitrogen and oxygen atoms in total. The maximum atomic E-state index is 5.61. The lowest BCUT2D eigenvalue weighted by atomic mass is 9.75. The molecule has 1 aromatic rings. The number of hydrogen-bond acceptors (Lipinski definition) is 3. The van der Waals surface area contributed by atoms with Gasteiger partial charge in [-0.25, -0.2) is 0 Å². The van der Waals surface area contributed by atoms with Crippen LogP contribution in [0.4, 0.5) is 0 Å². The van der Waals surface area contributed by atoms with Gasteiger partial charge in [-0.15, -0.1) is 11.8 Å². The molecular formula is C14H21NOS. The number of benzene rings is 1. The van der Waals surface area contributed by atoms with E-state index < -0.39 is 0 Å². The highest BCUT2D eigenvalue weighted by molar-refractivity contribution is 7.99. The Morgan fingerprint density at radius 3 is 2.47 bits per heavy atom. The molecule has 1 aliphatic heterocycles. The summed E-state index contributed by atoms with van der Waals surface area (Å²) >= 11 is 1.89. The van der Waals surface area contributed by atoms with Gasteiger partial charge in [-0.3, -0.25) is 0 Å². The molecule has 0 radical (unpaired) electrons. The molecule has 0 saturated carbocycles. The minimum absolute atomic E-state index is 0.245. The molecule has 2 N–H and O–H groups in total. The van der Waals surface area contributed by atoms with Gasteiger partial charge in [0.2, 0.25) is 0 Å². The molecule has 1 saturated heterocycles. The van der Waals surface area contributed by atoms with Crippen LogP contribution in [0.5, 0.6) is 0 Å². The highest BCUT2D eigenvalue weighted by Gasteiger charge is 2.39. The van der Waals surface area contributed by atoms with Crippen molar-refractivity contribution in [2.75, 3.05) is 25.5 Å². The van der Waals surface area contributed by atoms with E-state index in [0.29, 0.717) is 0 Å². The van der Waals surface area contributed by atoms with Crippen molar-refractivity contribution < 1.29 is 4.74 Å². The lowest BCUT2D eigenvalue weighted by molar-refractivity contribution is -0.0649. The van der Waals surface area contributed by atoms with Crippen LogP contribution in [0.2, 0.25) is 0 Å². The Morgan fingerprint density at radius 1 is 1.29 bits per heavy atom. The van der Waals surface area contributed by atoms with Crippen LogP contribution in [0, 0.1) is 0 Å². The van der Waals surface area contributed by atoms with Gasteiger partial charge in [0, 0.05) is 10.3 Å². The quantitative estimate of drug-likeness (QED) is 0.790. The van der Waals surface area contributed by atoms with Crippen LogP contribution in [0.1, 0.15) is 25.3 Å². The highest BCUT2D eigenvalue weighted by atomic mass is 32.2. The van der Waals surface area contributed by atoms with Crippen molar-refractivity contribution in [2.45, 2.75) is 30.1 Å². The van der Waals surface area contributed by atoms with E-state index >= 15 is 0 Å². The van der Waals surface area contributed by atoms with Crippen molar-refractivity contribution in [3.05, 3.63) is 29.8 Å². The molecule has 94 valence electrons. The van der Waals surface area contributed by atoms with Gasteiger partial charge < -0.3 is 10.5 Å². The zero-order valence-corrected chi connectivity index (χ0v) is 11.3. The highest BCUT2D eigenvalue weighted by Crippen LogP contribution is 2.37. The normalized spacial score (nSPS) is 17.8. The van der Waals surface area contributed by atoms with Crippen molar-refractivity contribution >= 4 is 11.8 Å². The fourth-order valence-electron chi connectivity index (χ4n) is 2.32. The van der Waals surface area contributed by atoms with Crippen LogP contribution in [0.3, 0.4) is 0 Å². The molecule has 3 heteroatoms. The summed E-state index contributed by atoms with van der Waals surface area (Å²) in [5, 5.41) is 0. The van der Waals surface area contributed by atoms with Gasteiger partial charge in [-0.2, -0.15) is 0 Å². The minimum Gasteiger partial charge on any atom is -0.379 e. The fraction of sp³-hybridized carbons (Fsp3) is 0.571. The molecule has 0 amide bonds. The summed E-state index contributed by atoms with van der Waals surface area (Å²) in [6.07, 6.45) is 2.22. The average Bonchev–Trinajstić information content (AvgIpc) is 2.30. The van der Waals surface area contributed by atoms with E-state index in [0.717, 1.165) is 38.4 Å². The first-order valence-electron chi connectivity index (χ1n) is 6.32. The first-order valence-corrected chi connectivity index (χ1v) is 7.30. The van der Waals surface area contributed by atoms with Gasteiger partial charge in [-0.1, -0.05) is 19.1 Å². The van der Waals surface area contributed by atoms with Crippen LogP contribution in [0.25, 0.3) is 0 Å². The molecule has 0 unspecified atom stereocenters. The second kappa shape index (κ2) is 5.89. The summed E-state index contributed by atoms with van der Waals surface area (Å²) in [6.45, 7) is 4.66. The second-order valence-corrected chi connectivity index (χ2v) is 5.96. The van der Waals surface area contributed by atoms with Crippen LogP contribution < -0.4 is 5.73 Å². The van der Waals surface area contributed by atoms with E-state index in [-0.39, 0.29) is 5.41 Å². The van der Waals surface area contributed by atoms with Gasteiger partial charge in [0.15, 0.2) is 0 Å². The summed E-state index contributed by atoms with van der Waals surface area (Å²) in [6, 6.07) is 8.98. The molecule has 0 aromatic heterocycles. The van der Waals surface area contributed by atoms with Gasteiger partial charge in [0.05, 0.1) is 13.2 Å². The van der Waals surface area contributed by atoms with Crippen LogP contribution in [0.15, 0.2) is 29.2 Å². The lowest BCUT2D eigenvalue weighted by Crippen LogP contribution is -2.46. The van der Waals surface area contributed by atoms with Crippen molar-refractivity contribution in [3.8, 4) is 0 Å². The Hall–Kier alpha value is -0.510. The first-order chi connectivity index (χ1) is 8.30. The number of ether oxygens (including phenoxy) is 1. The molecule has 1 fully saturated rings. The van der Waals surface area contributed by atoms with Crippen LogP contribution in [-0.4, -0.2) is 25.5 Å². The predicted molar refractivity (Wildman–Crippen MR) is 73.6 cm³/mol. The number of thioether (sulfide) groups is 1. The molecule has 0 atom stereocenters. The molecule has 1 heterocycles. The third-order valence-corrected chi connectivity index (χ3v) is 4.29. The van der Waals surface area contributed by atoms with E-state index in [1.807, 2.05) is 11.8 Å². The Labute approximate surface area is 108 Å². The zero-order chi connectivity index (χ0) is 12.1. The number of rotatable bonds is 6. The largest absolute Gasteiger partial charge is 0.379 e. The fourth-order valence-corrected chi connectivity index (χ4v) is 2.98. The Balaban J connectivity index is 2.08. The molecule has 0 spiro atoms. The van der Waals surface area contributed by atoms with Crippen LogP contribution >= 0.6 is 11.8 Å². The van der Waals surface area contributed by atoms with Crippen LogP contribution in [-0.2, 0) is 10.2 Å². The average molecular weight is 251 g/mol. The lowest BCUT2D eigenvalue weighted by Gasteiger charge is -2.42. The molecule has 1 aromatic carbocycles. The Kier molecular flexibility index (Phi) is 4.48. The van der Waals surface area contributed by atoms with E-state index in [1.165, 1.54) is 10.5 Å². The predicted octanol–water partition coefficient (Wildman–Crippen LogP) is 2.81. The number of hydrogen-bond donors (Lipinski definition) is 1. The summed E-state index contributed by atoms with van der Waals surface area (Å²) in [5.41, 5.74) is 7.27. The summed E-state index contributed by atoms with van der Waals surface area (Å²) in [7, 11) is 0. The summed E-state index contributed by atoms with van der Waals surface area (Å²) < 4.78 is 5.42. The van der Waals surface area contributed by atoms with E-state index in [9.17, 15) is 0 Å². The summed E-state index contributed by atoms with van der Waals surface area (Å²) in [4.78, 5) is 1.35.